The Kier molecular flexibility index (Phi) is 4.24. The Morgan fingerprint density at radius 3 is 2.80 bits per heavy atom. The van der Waals surface area contributed by atoms with Gasteiger partial charge in [-0.05, 0) is 25.5 Å². The zero-order chi connectivity index (χ0) is 14.7. The van der Waals surface area contributed by atoms with Gasteiger partial charge < -0.3 is 10.5 Å². The molecule has 2 rings (SSSR count). The number of carbonyl (C=O) groups is 1. The van der Waals surface area contributed by atoms with Crippen LogP contribution in [0.1, 0.15) is 27.9 Å². The predicted octanol–water partition coefficient (Wildman–Crippen LogP) is 2.86. The predicted molar refractivity (Wildman–Crippen MR) is 81.6 cm³/mol. The van der Waals surface area contributed by atoms with Gasteiger partial charge in [-0.1, -0.05) is 6.92 Å². The average Bonchev–Trinajstić information content (AvgIpc) is 2.77. The van der Waals surface area contributed by atoms with E-state index < -0.39 is 0 Å². The third-order valence-electron chi connectivity index (χ3n) is 2.87. The van der Waals surface area contributed by atoms with Crippen molar-refractivity contribution in [3.05, 3.63) is 34.3 Å². The molecule has 0 atom stereocenters. The molecule has 3 N–H and O–H groups in total. The van der Waals surface area contributed by atoms with E-state index in [0.717, 1.165) is 17.0 Å². The molecule has 0 radical (unpaired) electrons. The molecular formula is C14H17N3O2S. The molecule has 1 aromatic heterocycles. The van der Waals surface area contributed by atoms with E-state index in [1.165, 1.54) is 18.4 Å². The molecule has 6 heteroatoms. The molecule has 0 aliphatic heterocycles. The molecule has 20 heavy (non-hydrogen) atoms. The number of amides is 1. The summed E-state index contributed by atoms with van der Waals surface area (Å²) < 4.78 is 5.10. The van der Waals surface area contributed by atoms with Crippen LogP contribution >= 0.6 is 11.3 Å². The molecule has 0 bridgehead atoms. The first-order chi connectivity index (χ1) is 9.53. The number of anilines is 2. The van der Waals surface area contributed by atoms with E-state index in [0.29, 0.717) is 22.1 Å². The molecule has 0 saturated heterocycles. The summed E-state index contributed by atoms with van der Waals surface area (Å²) in [5.74, 6) is 0.312. The van der Waals surface area contributed by atoms with Gasteiger partial charge in [0.25, 0.3) is 5.91 Å². The van der Waals surface area contributed by atoms with Gasteiger partial charge in [0.15, 0.2) is 5.13 Å². The number of ether oxygens (including phenoxy) is 1. The van der Waals surface area contributed by atoms with Crippen LogP contribution in [0, 0.1) is 6.92 Å². The minimum Gasteiger partial charge on any atom is -0.497 e. The fourth-order valence-corrected chi connectivity index (χ4v) is 2.75. The second-order valence-corrected chi connectivity index (χ2v) is 5.53. The van der Waals surface area contributed by atoms with Gasteiger partial charge in [0.1, 0.15) is 5.75 Å². The van der Waals surface area contributed by atoms with Gasteiger partial charge in [0, 0.05) is 22.2 Å². The summed E-state index contributed by atoms with van der Waals surface area (Å²) in [5, 5.41) is 3.39. The minimum absolute atomic E-state index is 0.244. The maximum atomic E-state index is 12.2. The van der Waals surface area contributed by atoms with Crippen LogP contribution < -0.4 is 15.8 Å². The number of hydrogen-bond donors (Lipinski definition) is 2. The fourth-order valence-electron chi connectivity index (χ4n) is 1.85. The number of thiazole rings is 1. The van der Waals surface area contributed by atoms with Crippen LogP contribution in [-0.4, -0.2) is 18.0 Å². The molecule has 5 nitrogen and oxygen atoms in total. The van der Waals surface area contributed by atoms with E-state index in [1.54, 1.807) is 18.2 Å². The van der Waals surface area contributed by atoms with Crippen molar-refractivity contribution in [2.45, 2.75) is 20.3 Å². The van der Waals surface area contributed by atoms with E-state index >= 15 is 0 Å². The van der Waals surface area contributed by atoms with Gasteiger partial charge in [0.2, 0.25) is 0 Å². The number of aryl methyl sites for hydroxylation is 2. The van der Waals surface area contributed by atoms with Crippen LogP contribution in [0.15, 0.2) is 18.2 Å². The number of nitrogens with zero attached hydrogens (tertiary/aromatic N) is 1. The average molecular weight is 291 g/mol. The highest BCUT2D eigenvalue weighted by Crippen LogP contribution is 2.24. The Hall–Kier alpha value is -2.08. The minimum atomic E-state index is -0.244. The number of rotatable bonds is 4. The summed E-state index contributed by atoms with van der Waals surface area (Å²) in [7, 11) is 1.54. The lowest BCUT2D eigenvalue weighted by Crippen LogP contribution is -2.12. The van der Waals surface area contributed by atoms with Crippen molar-refractivity contribution in [1.29, 1.82) is 0 Å². The van der Waals surface area contributed by atoms with Gasteiger partial charge >= 0.3 is 0 Å². The van der Waals surface area contributed by atoms with Crippen molar-refractivity contribution in [3.63, 3.8) is 0 Å². The Bertz CT molecular complexity index is 637. The molecule has 106 valence electrons. The fraction of sp³-hybridized carbons (Fsp3) is 0.286. The molecular weight excluding hydrogens is 274 g/mol. The molecule has 1 amide bonds. The SMILES string of the molecule is CCc1nc(NC(=O)c2cc(N)cc(OC)c2)sc1C. The molecule has 0 saturated carbocycles. The molecule has 0 aliphatic carbocycles. The summed E-state index contributed by atoms with van der Waals surface area (Å²) in [6.07, 6.45) is 0.851. The zero-order valence-electron chi connectivity index (χ0n) is 11.7. The molecule has 2 aromatic rings. The molecule has 1 aromatic carbocycles. The quantitative estimate of drug-likeness (QED) is 0.849. The van der Waals surface area contributed by atoms with Crippen molar-refractivity contribution in [2.75, 3.05) is 18.2 Å². The first-order valence-electron chi connectivity index (χ1n) is 6.25. The maximum absolute atomic E-state index is 12.2. The Morgan fingerprint density at radius 1 is 1.45 bits per heavy atom. The Labute approximate surface area is 121 Å². The van der Waals surface area contributed by atoms with Crippen molar-refractivity contribution in [2.24, 2.45) is 0 Å². The lowest BCUT2D eigenvalue weighted by Gasteiger charge is -2.06. The van der Waals surface area contributed by atoms with Gasteiger partial charge in [-0.25, -0.2) is 4.98 Å². The lowest BCUT2D eigenvalue weighted by atomic mass is 10.2. The highest BCUT2D eigenvalue weighted by molar-refractivity contribution is 7.15. The first-order valence-corrected chi connectivity index (χ1v) is 7.07. The van der Waals surface area contributed by atoms with Gasteiger partial charge in [-0.15, -0.1) is 11.3 Å². The van der Waals surface area contributed by atoms with E-state index in [1.807, 2.05) is 13.8 Å². The Morgan fingerprint density at radius 2 is 2.20 bits per heavy atom. The van der Waals surface area contributed by atoms with Gasteiger partial charge in [-0.2, -0.15) is 0 Å². The zero-order valence-corrected chi connectivity index (χ0v) is 12.5. The third-order valence-corrected chi connectivity index (χ3v) is 3.80. The van der Waals surface area contributed by atoms with Crippen LogP contribution in [0.4, 0.5) is 10.8 Å². The number of nitrogens with one attached hydrogen (secondary N) is 1. The monoisotopic (exact) mass is 291 g/mol. The normalized spacial score (nSPS) is 10.3. The van der Waals surface area contributed by atoms with Crippen molar-refractivity contribution in [1.82, 2.24) is 4.98 Å². The van der Waals surface area contributed by atoms with E-state index in [2.05, 4.69) is 10.3 Å². The maximum Gasteiger partial charge on any atom is 0.257 e. The summed E-state index contributed by atoms with van der Waals surface area (Å²) in [6.45, 7) is 4.03. The molecule has 1 heterocycles. The van der Waals surface area contributed by atoms with Crippen LogP contribution in [-0.2, 0) is 6.42 Å². The van der Waals surface area contributed by atoms with Crippen molar-refractivity contribution >= 4 is 28.1 Å². The number of hydrogen-bond acceptors (Lipinski definition) is 5. The number of methoxy groups -OCH3 is 1. The second-order valence-electron chi connectivity index (χ2n) is 4.32. The number of aromatic nitrogens is 1. The van der Waals surface area contributed by atoms with Gasteiger partial charge in [-0.3, -0.25) is 10.1 Å². The molecule has 0 fully saturated rings. The second kappa shape index (κ2) is 5.92. The topological polar surface area (TPSA) is 77.2 Å². The third kappa shape index (κ3) is 3.08. The highest BCUT2D eigenvalue weighted by Gasteiger charge is 2.12. The van der Waals surface area contributed by atoms with Gasteiger partial charge in [0.05, 0.1) is 12.8 Å². The van der Waals surface area contributed by atoms with E-state index in [4.69, 9.17) is 10.5 Å². The largest absolute Gasteiger partial charge is 0.497 e. The molecule has 0 aliphatic rings. The first kappa shape index (κ1) is 14.3. The lowest BCUT2D eigenvalue weighted by molar-refractivity contribution is 0.102. The van der Waals surface area contributed by atoms with Crippen LogP contribution in [0.2, 0.25) is 0 Å². The highest BCUT2D eigenvalue weighted by atomic mass is 32.1. The van der Waals surface area contributed by atoms with Crippen LogP contribution in [0.25, 0.3) is 0 Å². The van der Waals surface area contributed by atoms with Crippen LogP contribution in [0.3, 0.4) is 0 Å². The van der Waals surface area contributed by atoms with E-state index in [-0.39, 0.29) is 5.91 Å². The summed E-state index contributed by atoms with van der Waals surface area (Å²) in [5.41, 5.74) is 7.69. The number of benzene rings is 1. The van der Waals surface area contributed by atoms with E-state index in [9.17, 15) is 4.79 Å². The Balaban J connectivity index is 2.21. The number of carbonyl (C=O) groups excluding carboxylic acids is 1. The number of nitrogen functional groups attached to an aromatic ring is 1. The summed E-state index contributed by atoms with van der Waals surface area (Å²) in [4.78, 5) is 17.7. The van der Waals surface area contributed by atoms with Crippen molar-refractivity contribution < 1.29 is 9.53 Å². The van der Waals surface area contributed by atoms with Crippen LogP contribution in [0.5, 0.6) is 5.75 Å². The summed E-state index contributed by atoms with van der Waals surface area (Å²) in [6, 6.07) is 4.92. The molecule has 0 spiro atoms. The molecule has 0 unspecified atom stereocenters. The smallest absolute Gasteiger partial charge is 0.257 e. The summed E-state index contributed by atoms with van der Waals surface area (Å²) >= 11 is 1.47. The number of nitrogens with two attached hydrogens (primary N) is 1. The standard InChI is InChI=1S/C14H17N3O2S/c1-4-12-8(2)20-14(16-12)17-13(18)9-5-10(15)7-11(6-9)19-3/h5-7H,4,15H2,1-3H3,(H,16,17,18). The van der Waals surface area contributed by atoms with Crippen molar-refractivity contribution in [3.8, 4) is 5.75 Å².